The second kappa shape index (κ2) is 2.63. The monoisotopic (exact) mass is 199 g/mol. The molecule has 0 bridgehead atoms. The molecule has 0 saturated carbocycles. The number of urea groups is 1. The summed E-state index contributed by atoms with van der Waals surface area (Å²) in [5, 5.41) is 3.30. The first-order valence-corrected chi connectivity index (χ1v) is 4.45. The molecule has 13 heavy (non-hydrogen) atoms. The highest BCUT2D eigenvalue weighted by Crippen LogP contribution is 2.26. The first-order chi connectivity index (χ1) is 6.13. The Morgan fingerprint density at radius 1 is 1.54 bits per heavy atom. The zero-order valence-corrected chi connectivity index (χ0v) is 7.91. The predicted molar refractivity (Wildman–Crippen MR) is 45.6 cm³/mol. The summed E-state index contributed by atoms with van der Waals surface area (Å²) in [6.07, 6.45) is 0. The van der Waals surface area contributed by atoms with E-state index in [2.05, 4.69) is 9.63 Å². The maximum Gasteiger partial charge on any atom is 0.445 e. The van der Waals surface area contributed by atoms with Crippen LogP contribution in [0.25, 0.3) is 0 Å². The summed E-state index contributed by atoms with van der Waals surface area (Å²) >= 11 is 1.08. The van der Waals surface area contributed by atoms with Crippen LogP contribution in [0, 0.1) is 0 Å². The molecule has 2 aliphatic rings. The van der Waals surface area contributed by atoms with Gasteiger partial charge in [0.1, 0.15) is 0 Å². The first-order valence-electron chi connectivity index (χ1n) is 3.62. The summed E-state index contributed by atoms with van der Waals surface area (Å²) in [6, 6.07) is -0.363. The Morgan fingerprint density at radius 2 is 2.23 bits per heavy atom. The number of amidine groups is 1. The van der Waals surface area contributed by atoms with Gasteiger partial charge in [0.25, 0.3) is 5.84 Å². The first kappa shape index (κ1) is 8.36. The van der Waals surface area contributed by atoms with E-state index >= 15 is 0 Å². The predicted octanol–water partition coefficient (Wildman–Crippen LogP) is 0.102. The van der Waals surface area contributed by atoms with Gasteiger partial charge in [-0.1, -0.05) is 0 Å². The molecule has 68 valence electrons. The van der Waals surface area contributed by atoms with Gasteiger partial charge in [0.2, 0.25) is 5.25 Å². The molecule has 7 heteroatoms. The Balaban J connectivity index is 2.53. The Morgan fingerprint density at radius 3 is 2.92 bits per heavy atom. The van der Waals surface area contributed by atoms with Crippen molar-refractivity contribution >= 4 is 29.7 Å². The van der Waals surface area contributed by atoms with E-state index in [0.717, 1.165) is 16.8 Å². The second-order valence-corrected chi connectivity index (χ2v) is 3.61. The van der Waals surface area contributed by atoms with Crippen LogP contribution in [0.1, 0.15) is 0 Å². The third kappa shape index (κ3) is 0.998. The van der Waals surface area contributed by atoms with Crippen molar-refractivity contribution in [3.8, 4) is 0 Å². The highest BCUT2D eigenvalue weighted by atomic mass is 32.2. The molecule has 0 fully saturated rings. The SMILES string of the molecule is CN1C(=O)C2SN=NC2=[N+](C)C1=O. The normalized spacial score (nSPS) is 27.2. The minimum atomic E-state index is -0.437. The van der Waals surface area contributed by atoms with Gasteiger partial charge in [-0.05, 0) is 4.52 Å². The average Bonchev–Trinajstić information content (AvgIpc) is 2.59. The number of imide groups is 1. The maximum atomic E-state index is 11.5. The average molecular weight is 199 g/mol. The molecule has 0 aromatic heterocycles. The second-order valence-electron chi connectivity index (χ2n) is 2.76. The molecule has 0 N–H and O–H groups in total. The van der Waals surface area contributed by atoms with E-state index in [-0.39, 0.29) is 11.9 Å². The van der Waals surface area contributed by atoms with Crippen molar-refractivity contribution < 1.29 is 14.2 Å². The van der Waals surface area contributed by atoms with Crippen molar-refractivity contribution in [3.63, 3.8) is 0 Å². The molecule has 2 aliphatic heterocycles. The van der Waals surface area contributed by atoms with Gasteiger partial charge < -0.3 is 0 Å². The van der Waals surface area contributed by atoms with Crippen LogP contribution in [0.5, 0.6) is 0 Å². The Labute approximate surface area is 78.4 Å². The minimum Gasteiger partial charge on any atom is -0.254 e. The lowest BCUT2D eigenvalue weighted by Gasteiger charge is -2.18. The Kier molecular flexibility index (Phi) is 1.69. The summed E-state index contributed by atoms with van der Waals surface area (Å²) in [7, 11) is 3.04. The van der Waals surface area contributed by atoms with E-state index in [1.54, 1.807) is 7.05 Å². The fourth-order valence-corrected chi connectivity index (χ4v) is 1.98. The van der Waals surface area contributed by atoms with Crippen LogP contribution in [0.2, 0.25) is 0 Å². The van der Waals surface area contributed by atoms with Crippen LogP contribution in [-0.2, 0) is 4.79 Å². The van der Waals surface area contributed by atoms with Crippen LogP contribution in [-0.4, -0.2) is 46.6 Å². The van der Waals surface area contributed by atoms with Gasteiger partial charge in [0, 0.05) is 17.1 Å². The van der Waals surface area contributed by atoms with E-state index < -0.39 is 5.25 Å². The number of hydrogen-bond acceptors (Lipinski definition) is 5. The van der Waals surface area contributed by atoms with E-state index in [4.69, 9.17) is 0 Å². The smallest absolute Gasteiger partial charge is 0.254 e. The summed E-state index contributed by atoms with van der Waals surface area (Å²) in [5.74, 6) is 0.172. The molecule has 0 spiro atoms. The van der Waals surface area contributed by atoms with Crippen LogP contribution in [0.4, 0.5) is 4.79 Å². The van der Waals surface area contributed by atoms with Crippen molar-refractivity contribution in [1.29, 1.82) is 0 Å². The molecule has 1 unspecified atom stereocenters. The largest absolute Gasteiger partial charge is 0.445 e. The topological polar surface area (TPSA) is 65.1 Å². The van der Waals surface area contributed by atoms with Gasteiger partial charge in [0.05, 0.1) is 14.1 Å². The number of amides is 3. The van der Waals surface area contributed by atoms with Gasteiger partial charge in [-0.15, -0.1) is 0 Å². The van der Waals surface area contributed by atoms with Crippen LogP contribution >= 0.6 is 11.9 Å². The fourth-order valence-electron chi connectivity index (χ4n) is 1.20. The highest BCUT2D eigenvalue weighted by molar-refractivity contribution is 8.00. The standard InChI is InChI=1S/C6H7N4O2S/c1-9-4-3(13-8-7-4)5(11)10(2)6(9)12/h3H,1-2H3/q+1. The molecule has 0 aromatic rings. The quantitative estimate of drug-likeness (QED) is 0.410. The van der Waals surface area contributed by atoms with Gasteiger partial charge in [-0.2, -0.15) is 9.48 Å². The van der Waals surface area contributed by atoms with E-state index in [1.807, 2.05) is 0 Å². The molecular formula is C6H7N4O2S+. The van der Waals surface area contributed by atoms with Crippen LogP contribution in [0.3, 0.4) is 0 Å². The number of carbonyl (C=O) groups excluding carboxylic acids is 2. The van der Waals surface area contributed by atoms with E-state index in [9.17, 15) is 9.59 Å². The van der Waals surface area contributed by atoms with E-state index in [1.165, 1.54) is 11.6 Å². The highest BCUT2D eigenvalue weighted by Gasteiger charge is 2.48. The molecule has 1 atom stereocenters. The third-order valence-corrected chi connectivity index (χ3v) is 2.80. The molecule has 6 nitrogen and oxygen atoms in total. The van der Waals surface area contributed by atoms with Crippen molar-refractivity contribution in [2.75, 3.05) is 14.1 Å². The summed E-state index contributed by atoms with van der Waals surface area (Å²) in [6.45, 7) is 0. The molecule has 2 rings (SSSR count). The zero-order chi connectivity index (χ0) is 9.59. The molecule has 3 amide bonds. The Hall–Kier alpha value is -1.24. The molecule has 0 aromatic carbocycles. The van der Waals surface area contributed by atoms with Crippen molar-refractivity contribution in [2.24, 2.45) is 9.63 Å². The third-order valence-electron chi connectivity index (χ3n) is 2.00. The van der Waals surface area contributed by atoms with Crippen LogP contribution in [0.15, 0.2) is 9.63 Å². The van der Waals surface area contributed by atoms with Crippen molar-refractivity contribution in [2.45, 2.75) is 5.25 Å². The lowest BCUT2D eigenvalue weighted by Crippen LogP contribution is -2.52. The summed E-state index contributed by atoms with van der Waals surface area (Å²) in [4.78, 5) is 23.9. The zero-order valence-electron chi connectivity index (χ0n) is 7.09. The molecule has 0 saturated heterocycles. The summed E-state index contributed by atoms with van der Waals surface area (Å²) in [5.41, 5.74) is 0. The molecule has 0 aliphatic carbocycles. The van der Waals surface area contributed by atoms with Gasteiger partial charge in [-0.3, -0.25) is 4.79 Å². The lowest BCUT2D eigenvalue weighted by atomic mass is 10.3. The fraction of sp³-hybridized carbons (Fsp3) is 0.500. The van der Waals surface area contributed by atoms with Crippen molar-refractivity contribution in [3.05, 3.63) is 0 Å². The number of carbonyl (C=O) groups is 2. The minimum absolute atomic E-state index is 0.256. The van der Waals surface area contributed by atoms with Gasteiger partial charge >= 0.3 is 11.9 Å². The van der Waals surface area contributed by atoms with Gasteiger partial charge in [-0.25, -0.2) is 4.79 Å². The maximum absolute atomic E-state index is 11.5. The Bertz CT molecular complexity index is 362. The van der Waals surface area contributed by atoms with E-state index in [0.29, 0.717) is 5.84 Å². The molecular weight excluding hydrogens is 192 g/mol. The number of rotatable bonds is 0. The molecule has 0 radical (unpaired) electrons. The summed E-state index contributed by atoms with van der Waals surface area (Å²) < 4.78 is 5.00. The molecule has 2 heterocycles. The van der Waals surface area contributed by atoms with Gasteiger partial charge in [0.15, 0.2) is 0 Å². The number of hydrogen-bond donors (Lipinski definition) is 0. The number of fused-ring (bicyclic) bond motifs is 1. The van der Waals surface area contributed by atoms with Crippen LogP contribution < -0.4 is 0 Å². The number of nitrogens with zero attached hydrogens (tertiary/aromatic N) is 4. The van der Waals surface area contributed by atoms with Crippen molar-refractivity contribution in [1.82, 2.24) is 4.90 Å². The lowest BCUT2D eigenvalue weighted by molar-refractivity contribution is -0.405.